The molecule has 0 radical (unpaired) electrons. The Morgan fingerprint density at radius 1 is 1.17 bits per heavy atom. The molecule has 0 spiro atoms. The molecule has 0 bridgehead atoms. The van der Waals surface area contributed by atoms with Crippen molar-refractivity contribution in [3.05, 3.63) is 28.3 Å². The second kappa shape index (κ2) is 8.24. The van der Waals surface area contributed by atoms with Gasteiger partial charge in [0.25, 0.3) is 0 Å². The molecule has 1 aromatic carbocycles. The largest absolute Gasteiger partial charge is 0.496 e. The van der Waals surface area contributed by atoms with Crippen molar-refractivity contribution in [2.75, 3.05) is 39.9 Å². The van der Waals surface area contributed by atoms with Crippen LogP contribution in [-0.2, 0) is 16.0 Å². The number of amides is 2. The quantitative estimate of drug-likeness (QED) is 0.833. The minimum Gasteiger partial charge on any atom is -0.496 e. The molecule has 1 aliphatic heterocycles. The maximum absolute atomic E-state index is 12.5. The molecule has 7 heteroatoms. The molecule has 6 nitrogen and oxygen atoms in total. The molecule has 1 aliphatic rings. The molecule has 2 rings (SSSR count). The lowest BCUT2D eigenvalue weighted by atomic mass is 10.1. The van der Waals surface area contributed by atoms with E-state index in [-0.39, 0.29) is 18.4 Å². The van der Waals surface area contributed by atoms with Crippen LogP contribution in [0.2, 0.25) is 5.02 Å². The minimum absolute atomic E-state index is 0.00303. The number of hydrogen-bond acceptors (Lipinski definition) is 4. The van der Waals surface area contributed by atoms with Gasteiger partial charge in [-0.3, -0.25) is 4.79 Å². The van der Waals surface area contributed by atoms with Gasteiger partial charge in [0.2, 0.25) is 5.91 Å². The third kappa shape index (κ3) is 4.32. The number of halogens is 1. The van der Waals surface area contributed by atoms with Gasteiger partial charge in [-0.2, -0.15) is 0 Å². The summed E-state index contributed by atoms with van der Waals surface area (Å²) in [6.07, 6.45) is -0.0978. The summed E-state index contributed by atoms with van der Waals surface area (Å²) in [5, 5.41) is 0.616. The molecule has 0 aliphatic carbocycles. The Balaban J connectivity index is 1.97. The van der Waals surface area contributed by atoms with Crippen molar-refractivity contribution < 1.29 is 19.1 Å². The molecule has 1 heterocycles. The average molecular weight is 355 g/mol. The molecule has 132 valence electrons. The lowest BCUT2D eigenvalue weighted by molar-refractivity contribution is -0.132. The first kappa shape index (κ1) is 18.4. The number of nitrogens with zero attached hydrogens (tertiary/aromatic N) is 2. The number of ether oxygens (including phenoxy) is 2. The van der Waals surface area contributed by atoms with Crippen LogP contribution in [0.4, 0.5) is 4.79 Å². The van der Waals surface area contributed by atoms with E-state index in [1.807, 2.05) is 13.0 Å². The Bertz CT molecular complexity index is 613. The zero-order valence-electron chi connectivity index (χ0n) is 14.3. The second-order valence-electron chi connectivity index (χ2n) is 5.66. The molecule has 0 atom stereocenters. The van der Waals surface area contributed by atoms with Crippen molar-refractivity contribution in [1.82, 2.24) is 9.80 Å². The number of hydrogen-bond donors (Lipinski definition) is 0. The summed E-state index contributed by atoms with van der Waals surface area (Å²) >= 11 is 6.16. The lowest BCUT2D eigenvalue weighted by Gasteiger charge is -2.34. The number of benzene rings is 1. The highest BCUT2D eigenvalue weighted by molar-refractivity contribution is 6.31. The number of carbonyl (C=O) groups excluding carboxylic acids is 2. The molecule has 0 unspecified atom stereocenters. The van der Waals surface area contributed by atoms with Gasteiger partial charge in [-0.25, -0.2) is 4.79 Å². The fourth-order valence-electron chi connectivity index (χ4n) is 2.65. The van der Waals surface area contributed by atoms with Gasteiger partial charge in [-0.05, 0) is 31.5 Å². The summed E-state index contributed by atoms with van der Waals surface area (Å²) in [7, 11) is 1.58. The molecule has 24 heavy (non-hydrogen) atoms. The number of methoxy groups -OCH3 is 1. The van der Waals surface area contributed by atoms with Crippen molar-refractivity contribution >= 4 is 23.6 Å². The molecule has 1 saturated heterocycles. The average Bonchev–Trinajstić information content (AvgIpc) is 2.58. The molecule has 0 saturated carbocycles. The maximum atomic E-state index is 12.5. The highest BCUT2D eigenvalue weighted by Crippen LogP contribution is 2.27. The van der Waals surface area contributed by atoms with Crippen molar-refractivity contribution in [3.8, 4) is 5.75 Å². The first-order valence-electron chi connectivity index (χ1n) is 7.98. The van der Waals surface area contributed by atoms with Crippen LogP contribution in [0, 0.1) is 6.92 Å². The summed E-state index contributed by atoms with van der Waals surface area (Å²) in [4.78, 5) is 27.6. The van der Waals surface area contributed by atoms with Gasteiger partial charge in [0.05, 0.1) is 20.1 Å². The van der Waals surface area contributed by atoms with Gasteiger partial charge < -0.3 is 19.3 Å². The Morgan fingerprint density at radius 2 is 1.79 bits per heavy atom. The summed E-state index contributed by atoms with van der Waals surface area (Å²) in [6.45, 7) is 5.99. The van der Waals surface area contributed by atoms with Crippen molar-refractivity contribution in [2.45, 2.75) is 20.3 Å². The van der Waals surface area contributed by atoms with Crippen LogP contribution >= 0.6 is 11.6 Å². The van der Waals surface area contributed by atoms with Crippen LogP contribution in [-0.4, -0.2) is 61.7 Å². The Kier molecular flexibility index (Phi) is 6.31. The topological polar surface area (TPSA) is 59.1 Å². The van der Waals surface area contributed by atoms with Gasteiger partial charge in [0.1, 0.15) is 5.75 Å². The molecular formula is C17H23ClN2O4. The number of piperazine rings is 1. The number of rotatable bonds is 4. The third-order valence-corrected chi connectivity index (χ3v) is 4.47. The summed E-state index contributed by atoms with van der Waals surface area (Å²) < 4.78 is 10.3. The van der Waals surface area contributed by atoms with E-state index in [1.54, 1.807) is 29.9 Å². The van der Waals surface area contributed by atoms with E-state index < -0.39 is 0 Å². The highest BCUT2D eigenvalue weighted by Gasteiger charge is 2.25. The standard InChI is InChI=1S/C17H23ClN2O4/c1-4-24-17(22)20-7-5-19(6-8-20)16(21)11-13-10-14(18)12(2)9-15(13)23-3/h9-10H,4-8,11H2,1-3H3. The molecule has 0 N–H and O–H groups in total. The molecule has 1 fully saturated rings. The Morgan fingerprint density at radius 3 is 2.38 bits per heavy atom. The molecular weight excluding hydrogens is 332 g/mol. The number of aryl methyl sites for hydroxylation is 1. The van der Waals surface area contributed by atoms with Crippen molar-refractivity contribution in [2.24, 2.45) is 0 Å². The zero-order chi connectivity index (χ0) is 17.7. The predicted octanol–water partition coefficient (Wildman–Crippen LogP) is 2.50. The van der Waals surface area contributed by atoms with Gasteiger partial charge >= 0.3 is 6.09 Å². The van der Waals surface area contributed by atoms with Crippen LogP contribution < -0.4 is 4.74 Å². The summed E-state index contributed by atoms with van der Waals surface area (Å²) in [6, 6.07) is 3.62. The maximum Gasteiger partial charge on any atom is 0.409 e. The van der Waals surface area contributed by atoms with E-state index in [0.717, 1.165) is 11.1 Å². The van der Waals surface area contributed by atoms with E-state index in [2.05, 4.69) is 0 Å². The summed E-state index contributed by atoms with van der Waals surface area (Å²) in [5.74, 6) is 0.659. The zero-order valence-corrected chi connectivity index (χ0v) is 15.1. The van der Waals surface area contributed by atoms with Gasteiger partial charge in [-0.15, -0.1) is 0 Å². The number of carbonyl (C=O) groups is 2. The van der Waals surface area contributed by atoms with E-state index in [9.17, 15) is 9.59 Å². The molecule has 1 aromatic rings. The van der Waals surface area contributed by atoms with Crippen LogP contribution in [0.1, 0.15) is 18.1 Å². The fraction of sp³-hybridized carbons (Fsp3) is 0.529. The minimum atomic E-state index is -0.323. The van der Waals surface area contributed by atoms with E-state index in [1.165, 1.54) is 0 Å². The fourth-order valence-corrected chi connectivity index (χ4v) is 2.84. The predicted molar refractivity (Wildman–Crippen MR) is 91.6 cm³/mol. The molecule has 0 aromatic heterocycles. The highest BCUT2D eigenvalue weighted by atomic mass is 35.5. The monoisotopic (exact) mass is 354 g/mol. The van der Waals surface area contributed by atoms with E-state index in [0.29, 0.717) is 43.6 Å². The van der Waals surface area contributed by atoms with Crippen molar-refractivity contribution in [1.29, 1.82) is 0 Å². The molecule has 2 amide bonds. The third-order valence-electron chi connectivity index (χ3n) is 4.06. The smallest absolute Gasteiger partial charge is 0.409 e. The summed E-state index contributed by atoms with van der Waals surface area (Å²) in [5.41, 5.74) is 1.68. The van der Waals surface area contributed by atoms with Crippen LogP contribution in [0.3, 0.4) is 0 Å². The lowest BCUT2D eigenvalue weighted by Crippen LogP contribution is -2.51. The first-order chi connectivity index (χ1) is 11.5. The SMILES string of the molecule is CCOC(=O)N1CCN(C(=O)Cc2cc(Cl)c(C)cc2OC)CC1. The van der Waals surface area contributed by atoms with E-state index >= 15 is 0 Å². The Labute approximate surface area is 147 Å². The first-order valence-corrected chi connectivity index (χ1v) is 8.36. The second-order valence-corrected chi connectivity index (χ2v) is 6.06. The van der Waals surface area contributed by atoms with Gasteiger partial charge in [0.15, 0.2) is 0 Å². The van der Waals surface area contributed by atoms with Crippen LogP contribution in [0.5, 0.6) is 5.75 Å². The van der Waals surface area contributed by atoms with Crippen LogP contribution in [0.25, 0.3) is 0 Å². The van der Waals surface area contributed by atoms with Crippen molar-refractivity contribution in [3.63, 3.8) is 0 Å². The normalized spacial score (nSPS) is 14.5. The van der Waals surface area contributed by atoms with E-state index in [4.69, 9.17) is 21.1 Å². The van der Waals surface area contributed by atoms with Gasteiger partial charge in [-0.1, -0.05) is 11.6 Å². The van der Waals surface area contributed by atoms with Gasteiger partial charge in [0, 0.05) is 36.8 Å². The van der Waals surface area contributed by atoms with Crippen LogP contribution in [0.15, 0.2) is 12.1 Å². The Hall–Kier alpha value is -1.95.